The highest BCUT2D eigenvalue weighted by molar-refractivity contribution is 5.35. The molecule has 1 aromatic rings. The van der Waals surface area contributed by atoms with E-state index in [1.807, 2.05) is 6.07 Å². The highest BCUT2D eigenvalue weighted by atomic mass is 16.3. The van der Waals surface area contributed by atoms with E-state index in [4.69, 9.17) is 0 Å². The van der Waals surface area contributed by atoms with E-state index < -0.39 is 11.0 Å². The molecule has 0 saturated carbocycles. The van der Waals surface area contributed by atoms with Crippen molar-refractivity contribution in [1.29, 1.82) is 5.26 Å². The van der Waals surface area contributed by atoms with Gasteiger partial charge in [-0.1, -0.05) is 24.3 Å². The summed E-state index contributed by atoms with van der Waals surface area (Å²) in [6, 6.07) is 10.9. The Morgan fingerprint density at radius 2 is 1.80 bits per heavy atom. The van der Waals surface area contributed by atoms with Crippen molar-refractivity contribution in [2.45, 2.75) is 37.7 Å². The first kappa shape index (κ1) is 13.6. The number of rotatable bonds is 1. The van der Waals surface area contributed by atoms with Crippen LogP contribution in [0.2, 0.25) is 0 Å². The van der Waals surface area contributed by atoms with Crippen LogP contribution in [0.3, 0.4) is 0 Å². The molecule has 1 fully saturated rings. The van der Waals surface area contributed by atoms with Crippen molar-refractivity contribution in [3.8, 4) is 6.07 Å². The molecule has 0 spiro atoms. The Morgan fingerprint density at radius 1 is 1.15 bits per heavy atom. The predicted molar refractivity (Wildman–Crippen MR) is 78.2 cm³/mol. The summed E-state index contributed by atoms with van der Waals surface area (Å²) in [6.45, 7) is 1.75. The lowest BCUT2D eigenvalue weighted by molar-refractivity contribution is -0.0992. The average Bonchev–Trinajstić information content (AvgIpc) is 2.49. The molecule has 1 atom stereocenters. The van der Waals surface area contributed by atoms with E-state index in [9.17, 15) is 10.4 Å². The number of hydrogen-bond acceptors (Lipinski definition) is 3. The third kappa shape index (κ3) is 2.04. The van der Waals surface area contributed by atoms with Gasteiger partial charge in [-0.05, 0) is 50.3 Å². The van der Waals surface area contributed by atoms with Gasteiger partial charge in [-0.15, -0.1) is 0 Å². The zero-order valence-corrected chi connectivity index (χ0v) is 12.1. The van der Waals surface area contributed by atoms with Gasteiger partial charge in [0.2, 0.25) is 0 Å². The summed E-state index contributed by atoms with van der Waals surface area (Å²) in [5.74, 6) is 0. The van der Waals surface area contributed by atoms with Crippen LogP contribution in [0.25, 0.3) is 0 Å². The van der Waals surface area contributed by atoms with Crippen molar-refractivity contribution in [3.63, 3.8) is 0 Å². The Hall–Kier alpha value is -1.37. The molecule has 1 aliphatic carbocycles. The van der Waals surface area contributed by atoms with Gasteiger partial charge in [0.1, 0.15) is 0 Å². The fraction of sp³-hybridized carbons (Fsp3) is 0.588. The third-order valence-electron chi connectivity index (χ3n) is 5.35. The van der Waals surface area contributed by atoms with E-state index in [0.717, 1.165) is 25.9 Å². The van der Waals surface area contributed by atoms with Gasteiger partial charge < -0.3 is 10.0 Å². The first-order chi connectivity index (χ1) is 9.59. The second-order valence-electron chi connectivity index (χ2n) is 6.47. The minimum absolute atomic E-state index is 0.609. The molecule has 1 aliphatic heterocycles. The van der Waals surface area contributed by atoms with Crippen LogP contribution in [-0.4, -0.2) is 35.7 Å². The Kier molecular flexibility index (Phi) is 3.32. The number of benzene rings is 1. The molecule has 20 heavy (non-hydrogen) atoms. The van der Waals surface area contributed by atoms with Crippen LogP contribution in [-0.2, 0) is 12.8 Å². The maximum absolute atomic E-state index is 11.1. The molecule has 1 N–H and O–H groups in total. The summed E-state index contributed by atoms with van der Waals surface area (Å²) in [6.07, 6.45) is 3.79. The molecule has 106 valence electrons. The van der Waals surface area contributed by atoms with Crippen LogP contribution < -0.4 is 0 Å². The quantitative estimate of drug-likeness (QED) is 0.850. The SMILES string of the molecule is CN1CCC(O)(C2(C#N)CCc3ccccc3C2)CC1. The largest absolute Gasteiger partial charge is 0.388 e. The van der Waals surface area contributed by atoms with E-state index >= 15 is 0 Å². The van der Waals surface area contributed by atoms with Crippen molar-refractivity contribution in [2.24, 2.45) is 5.41 Å². The molecule has 3 rings (SSSR count). The number of likely N-dealkylation sites (tertiary alicyclic amines) is 1. The maximum Gasteiger partial charge on any atom is 0.0904 e. The highest BCUT2D eigenvalue weighted by Gasteiger charge is 2.52. The topological polar surface area (TPSA) is 47.3 Å². The van der Waals surface area contributed by atoms with E-state index in [-0.39, 0.29) is 0 Å². The second kappa shape index (κ2) is 4.87. The fourth-order valence-corrected chi connectivity index (χ4v) is 3.80. The molecular weight excluding hydrogens is 248 g/mol. The molecule has 0 amide bonds. The van der Waals surface area contributed by atoms with Crippen LogP contribution in [0, 0.1) is 16.7 Å². The van der Waals surface area contributed by atoms with Crippen molar-refractivity contribution in [1.82, 2.24) is 4.90 Å². The predicted octanol–water partition coefficient (Wildman–Crippen LogP) is 2.14. The van der Waals surface area contributed by atoms with E-state index in [1.165, 1.54) is 11.1 Å². The standard InChI is InChI=1S/C17H22N2O/c1-19-10-8-17(20,9-11-19)16(13-18)7-6-14-4-2-3-5-15(14)12-16/h2-5,20H,6-12H2,1H3. The number of nitriles is 1. The summed E-state index contributed by atoms with van der Waals surface area (Å²) in [7, 11) is 2.08. The third-order valence-corrected chi connectivity index (χ3v) is 5.35. The van der Waals surface area contributed by atoms with Gasteiger partial charge in [-0.3, -0.25) is 0 Å². The smallest absolute Gasteiger partial charge is 0.0904 e. The fourth-order valence-electron chi connectivity index (χ4n) is 3.80. The van der Waals surface area contributed by atoms with E-state index in [0.29, 0.717) is 19.3 Å². The summed E-state index contributed by atoms with van der Waals surface area (Å²) in [5, 5.41) is 21.0. The first-order valence-electron chi connectivity index (χ1n) is 7.48. The summed E-state index contributed by atoms with van der Waals surface area (Å²) < 4.78 is 0. The van der Waals surface area contributed by atoms with Crippen LogP contribution in [0.15, 0.2) is 24.3 Å². The number of fused-ring (bicyclic) bond motifs is 1. The number of nitrogens with zero attached hydrogens (tertiary/aromatic N) is 2. The summed E-state index contributed by atoms with van der Waals surface area (Å²) >= 11 is 0. The second-order valence-corrected chi connectivity index (χ2v) is 6.47. The Balaban J connectivity index is 1.92. The van der Waals surface area contributed by atoms with Crippen LogP contribution >= 0.6 is 0 Å². The summed E-state index contributed by atoms with van der Waals surface area (Å²) in [5.41, 5.74) is 1.15. The molecule has 0 bridgehead atoms. The normalized spacial score (nSPS) is 29.4. The Morgan fingerprint density at radius 3 is 2.45 bits per heavy atom. The average molecular weight is 270 g/mol. The van der Waals surface area contributed by atoms with Gasteiger partial charge in [-0.25, -0.2) is 0 Å². The van der Waals surface area contributed by atoms with Crippen molar-refractivity contribution in [2.75, 3.05) is 20.1 Å². The van der Waals surface area contributed by atoms with Crippen molar-refractivity contribution >= 4 is 0 Å². The number of aliphatic hydroxyl groups is 1. The van der Waals surface area contributed by atoms with Gasteiger partial charge >= 0.3 is 0 Å². The molecule has 3 nitrogen and oxygen atoms in total. The molecule has 2 aliphatic rings. The molecule has 1 heterocycles. The number of aryl methyl sites for hydroxylation is 1. The zero-order chi connectivity index (χ0) is 14.2. The minimum atomic E-state index is -0.832. The van der Waals surface area contributed by atoms with Gasteiger partial charge in [0.05, 0.1) is 17.1 Å². The molecule has 3 heteroatoms. The Labute approximate surface area is 120 Å². The zero-order valence-electron chi connectivity index (χ0n) is 12.1. The van der Waals surface area contributed by atoms with Gasteiger partial charge in [0.15, 0.2) is 0 Å². The monoisotopic (exact) mass is 270 g/mol. The molecule has 1 aromatic carbocycles. The number of piperidine rings is 1. The van der Waals surface area contributed by atoms with Crippen LogP contribution in [0.5, 0.6) is 0 Å². The molecule has 1 saturated heterocycles. The molecular formula is C17H22N2O. The molecule has 0 aromatic heterocycles. The maximum atomic E-state index is 11.1. The molecule has 1 unspecified atom stereocenters. The lowest BCUT2D eigenvalue weighted by Crippen LogP contribution is -2.56. The Bertz CT molecular complexity index is 540. The minimum Gasteiger partial charge on any atom is -0.388 e. The van der Waals surface area contributed by atoms with Gasteiger partial charge in [-0.2, -0.15) is 5.26 Å². The van der Waals surface area contributed by atoms with Crippen LogP contribution in [0.4, 0.5) is 0 Å². The van der Waals surface area contributed by atoms with Gasteiger partial charge in [0.25, 0.3) is 0 Å². The van der Waals surface area contributed by atoms with Crippen molar-refractivity contribution < 1.29 is 5.11 Å². The first-order valence-corrected chi connectivity index (χ1v) is 7.48. The van der Waals surface area contributed by atoms with Crippen molar-refractivity contribution in [3.05, 3.63) is 35.4 Å². The van der Waals surface area contributed by atoms with E-state index in [1.54, 1.807) is 0 Å². The lowest BCUT2D eigenvalue weighted by Gasteiger charge is -2.49. The number of hydrogen-bond donors (Lipinski definition) is 1. The van der Waals surface area contributed by atoms with E-state index in [2.05, 4.69) is 36.2 Å². The lowest BCUT2D eigenvalue weighted by atomic mass is 9.60. The summed E-state index contributed by atoms with van der Waals surface area (Å²) in [4.78, 5) is 2.23. The highest BCUT2D eigenvalue weighted by Crippen LogP contribution is 2.47. The molecule has 0 radical (unpaired) electrons. The van der Waals surface area contributed by atoms with Crippen LogP contribution in [0.1, 0.15) is 30.4 Å². The van der Waals surface area contributed by atoms with Gasteiger partial charge in [0, 0.05) is 13.1 Å².